The number of ketones is 1. The highest BCUT2D eigenvalue weighted by molar-refractivity contribution is 6.09. The molecule has 28 heavy (non-hydrogen) atoms. The molecule has 2 aromatic rings. The number of aromatic hydroxyl groups is 1. The maximum absolute atomic E-state index is 12.5. The molecule has 0 saturated heterocycles. The Bertz CT molecular complexity index is 858. The highest BCUT2D eigenvalue weighted by atomic mass is 16.5. The number of phenols is 1. The Hall–Kier alpha value is -2.62. The maximum atomic E-state index is 12.5. The molecule has 2 heterocycles. The van der Waals surface area contributed by atoms with Crippen molar-refractivity contribution in [1.82, 2.24) is 4.98 Å². The zero-order chi connectivity index (χ0) is 20.1. The van der Waals surface area contributed by atoms with Crippen LogP contribution in [0.25, 0.3) is 6.08 Å². The molecule has 3 rings (SSSR count). The van der Waals surface area contributed by atoms with E-state index in [1.807, 2.05) is 18.2 Å². The van der Waals surface area contributed by atoms with Gasteiger partial charge >= 0.3 is 0 Å². The van der Waals surface area contributed by atoms with Gasteiger partial charge in [0.1, 0.15) is 17.1 Å². The Kier molecular flexibility index (Phi) is 6.18. The predicted molar refractivity (Wildman–Crippen MR) is 112 cm³/mol. The normalized spacial score (nSPS) is 18.9. The lowest BCUT2D eigenvalue weighted by molar-refractivity contribution is 0.0520. The van der Waals surface area contributed by atoms with Gasteiger partial charge in [0.15, 0.2) is 5.78 Å². The maximum Gasteiger partial charge on any atom is 0.189 e. The average molecular weight is 380 g/mol. The van der Waals surface area contributed by atoms with Crippen LogP contribution >= 0.6 is 0 Å². The van der Waals surface area contributed by atoms with Crippen LogP contribution < -0.4 is 4.74 Å². The van der Waals surface area contributed by atoms with E-state index in [-0.39, 0.29) is 17.1 Å². The molecule has 4 heteroatoms. The second-order valence-corrected chi connectivity index (χ2v) is 8.26. The molecule has 1 aromatic heterocycles. The van der Waals surface area contributed by atoms with Crippen molar-refractivity contribution >= 4 is 11.9 Å². The summed E-state index contributed by atoms with van der Waals surface area (Å²) in [6, 6.07) is 7.16. The van der Waals surface area contributed by atoms with Crippen LogP contribution in [-0.4, -0.2) is 21.5 Å². The van der Waals surface area contributed by atoms with Gasteiger partial charge in [-0.3, -0.25) is 9.78 Å². The molecule has 1 aliphatic heterocycles. The van der Waals surface area contributed by atoms with Crippen LogP contribution in [0.5, 0.6) is 11.5 Å². The first-order chi connectivity index (χ1) is 13.4. The van der Waals surface area contributed by atoms with E-state index >= 15 is 0 Å². The van der Waals surface area contributed by atoms with Crippen molar-refractivity contribution in [3.8, 4) is 11.5 Å². The summed E-state index contributed by atoms with van der Waals surface area (Å²) in [5, 5.41) is 10.7. The number of ether oxygens (including phenoxy) is 1. The highest BCUT2D eigenvalue weighted by Gasteiger charge is 2.33. The SMILES string of the molecule is CC(C)CCCC1(C)CCc2c(ccc(C(=O)/C=C/c3cccnc3)c2O)O1. The highest BCUT2D eigenvalue weighted by Crippen LogP contribution is 2.41. The number of pyridine rings is 1. The first-order valence-electron chi connectivity index (χ1n) is 10.0. The number of allylic oxidation sites excluding steroid dienone is 1. The van der Waals surface area contributed by atoms with E-state index in [0.717, 1.165) is 30.4 Å². The topological polar surface area (TPSA) is 59.4 Å². The first kappa shape index (κ1) is 20.1. The van der Waals surface area contributed by atoms with Gasteiger partial charge in [-0.1, -0.05) is 26.3 Å². The second-order valence-electron chi connectivity index (χ2n) is 8.26. The van der Waals surface area contributed by atoms with Crippen LogP contribution in [0.3, 0.4) is 0 Å². The van der Waals surface area contributed by atoms with E-state index in [1.54, 1.807) is 24.5 Å². The van der Waals surface area contributed by atoms with Gasteiger partial charge in [0.2, 0.25) is 0 Å². The zero-order valence-corrected chi connectivity index (χ0v) is 16.9. The molecule has 1 atom stereocenters. The Morgan fingerprint density at radius 3 is 2.89 bits per heavy atom. The summed E-state index contributed by atoms with van der Waals surface area (Å²) in [5.74, 6) is 1.21. The number of fused-ring (bicyclic) bond motifs is 1. The summed E-state index contributed by atoms with van der Waals surface area (Å²) in [7, 11) is 0. The van der Waals surface area contributed by atoms with E-state index in [4.69, 9.17) is 4.74 Å². The van der Waals surface area contributed by atoms with Crippen molar-refractivity contribution < 1.29 is 14.6 Å². The fraction of sp³-hybridized carbons (Fsp3) is 0.417. The molecule has 1 N–H and O–H groups in total. The minimum Gasteiger partial charge on any atom is -0.507 e. The number of carbonyl (C=O) groups is 1. The molecule has 0 aliphatic carbocycles. The fourth-order valence-electron chi connectivity index (χ4n) is 3.66. The lowest BCUT2D eigenvalue weighted by Gasteiger charge is -2.36. The van der Waals surface area contributed by atoms with Crippen molar-refractivity contribution in [3.63, 3.8) is 0 Å². The van der Waals surface area contributed by atoms with Crippen LogP contribution in [0.2, 0.25) is 0 Å². The van der Waals surface area contributed by atoms with Crippen LogP contribution in [0.4, 0.5) is 0 Å². The van der Waals surface area contributed by atoms with Gasteiger partial charge in [-0.2, -0.15) is 0 Å². The number of carbonyl (C=O) groups excluding carboxylic acids is 1. The molecular formula is C24H29NO3. The standard InChI is InChI=1S/C24H29NO3/c1-17(2)6-4-13-24(3)14-12-20-22(28-24)11-9-19(23(20)27)21(26)10-8-18-7-5-15-25-16-18/h5,7-11,15-17,27H,4,6,12-14H2,1-3H3/b10-8+. The molecule has 4 nitrogen and oxygen atoms in total. The Morgan fingerprint density at radius 2 is 2.18 bits per heavy atom. The van der Waals surface area contributed by atoms with Gasteiger partial charge < -0.3 is 9.84 Å². The van der Waals surface area contributed by atoms with E-state index in [2.05, 4.69) is 25.8 Å². The number of nitrogens with zero attached hydrogens (tertiary/aromatic N) is 1. The minimum atomic E-state index is -0.227. The third-order valence-corrected chi connectivity index (χ3v) is 5.36. The molecule has 0 fully saturated rings. The third-order valence-electron chi connectivity index (χ3n) is 5.36. The Labute approximate surface area is 167 Å². The number of hydrogen-bond acceptors (Lipinski definition) is 4. The average Bonchev–Trinajstić information content (AvgIpc) is 2.66. The number of benzene rings is 1. The first-order valence-corrected chi connectivity index (χ1v) is 10.0. The Balaban J connectivity index is 1.73. The zero-order valence-electron chi connectivity index (χ0n) is 16.9. The lowest BCUT2D eigenvalue weighted by Crippen LogP contribution is -2.36. The molecule has 0 saturated carbocycles. The summed E-state index contributed by atoms with van der Waals surface area (Å²) < 4.78 is 6.25. The van der Waals surface area contributed by atoms with Crippen LogP contribution in [-0.2, 0) is 6.42 Å². The minimum absolute atomic E-state index is 0.0440. The molecule has 148 valence electrons. The number of hydrogen-bond donors (Lipinski definition) is 1. The van der Waals surface area contributed by atoms with Gasteiger partial charge in [0.05, 0.1) is 5.56 Å². The third kappa shape index (κ3) is 4.80. The van der Waals surface area contributed by atoms with Gasteiger partial charge in [-0.15, -0.1) is 0 Å². The van der Waals surface area contributed by atoms with E-state index in [9.17, 15) is 9.90 Å². The van der Waals surface area contributed by atoms with E-state index in [0.29, 0.717) is 23.7 Å². The second kappa shape index (κ2) is 8.59. The quantitative estimate of drug-likeness (QED) is 0.503. The molecule has 0 amide bonds. The molecule has 0 bridgehead atoms. The van der Waals surface area contributed by atoms with Gasteiger partial charge in [0.25, 0.3) is 0 Å². The van der Waals surface area contributed by atoms with E-state index in [1.165, 1.54) is 12.5 Å². The van der Waals surface area contributed by atoms with Crippen molar-refractivity contribution in [1.29, 1.82) is 0 Å². The molecule has 0 spiro atoms. The summed E-state index contributed by atoms with van der Waals surface area (Å²) in [6.45, 7) is 6.61. The van der Waals surface area contributed by atoms with Gasteiger partial charge in [-0.05, 0) is 74.4 Å². The smallest absolute Gasteiger partial charge is 0.189 e. The Morgan fingerprint density at radius 1 is 1.36 bits per heavy atom. The predicted octanol–water partition coefficient (Wildman–Crippen LogP) is 5.59. The van der Waals surface area contributed by atoms with Crippen molar-refractivity contribution in [2.45, 2.75) is 58.5 Å². The summed E-state index contributed by atoms with van der Waals surface area (Å²) in [6.07, 6.45) is 11.4. The largest absolute Gasteiger partial charge is 0.507 e. The molecular weight excluding hydrogens is 350 g/mol. The molecule has 0 radical (unpaired) electrons. The molecule has 1 aromatic carbocycles. The lowest BCUT2D eigenvalue weighted by atomic mass is 9.86. The van der Waals surface area contributed by atoms with Crippen LogP contribution in [0, 0.1) is 5.92 Å². The van der Waals surface area contributed by atoms with Crippen LogP contribution in [0.1, 0.15) is 67.9 Å². The number of phenolic OH excluding ortho intramolecular Hbond substituents is 1. The number of aromatic nitrogens is 1. The molecule has 1 aliphatic rings. The summed E-state index contributed by atoms with van der Waals surface area (Å²) in [4.78, 5) is 16.6. The monoisotopic (exact) mass is 379 g/mol. The van der Waals surface area contributed by atoms with Gasteiger partial charge in [-0.25, -0.2) is 0 Å². The van der Waals surface area contributed by atoms with Gasteiger partial charge in [0, 0.05) is 18.0 Å². The van der Waals surface area contributed by atoms with Crippen LogP contribution in [0.15, 0.2) is 42.7 Å². The van der Waals surface area contributed by atoms with Crippen molar-refractivity contribution in [2.24, 2.45) is 5.92 Å². The van der Waals surface area contributed by atoms with Crippen molar-refractivity contribution in [2.75, 3.05) is 0 Å². The number of rotatable bonds is 7. The van der Waals surface area contributed by atoms with E-state index < -0.39 is 0 Å². The van der Waals surface area contributed by atoms with Crippen molar-refractivity contribution in [3.05, 3.63) is 59.4 Å². The fourth-order valence-corrected chi connectivity index (χ4v) is 3.66. The summed E-state index contributed by atoms with van der Waals surface area (Å²) in [5.41, 5.74) is 1.68. The summed E-state index contributed by atoms with van der Waals surface area (Å²) >= 11 is 0. The molecule has 1 unspecified atom stereocenters.